The van der Waals surface area contributed by atoms with E-state index < -0.39 is 0 Å². The molecule has 2 N–H and O–H groups in total. The predicted octanol–water partition coefficient (Wildman–Crippen LogP) is 3.97. The topological polar surface area (TPSA) is 82.8 Å². The summed E-state index contributed by atoms with van der Waals surface area (Å²) >= 11 is 0. The Kier molecular flexibility index (Phi) is 8.69. The van der Waals surface area contributed by atoms with Crippen LogP contribution < -0.4 is 15.5 Å². The molecule has 1 fully saturated rings. The van der Waals surface area contributed by atoms with Crippen LogP contribution in [-0.2, 0) is 23.3 Å². The van der Waals surface area contributed by atoms with Crippen molar-refractivity contribution in [3.8, 4) is 0 Å². The minimum atomic E-state index is -0.0594. The number of carbonyl (C=O) groups is 1. The van der Waals surface area contributed by atoms with Crippen LogP contribution in [0, 0.1) is 0 Å². The molecule has 1 aliphatic heterocycles. The lowest BCUT2D eigenvalue weighted by Gasteiger charge is -2.26. The number of guanidine groups is 1. The van der Waals surface area contributed by atoms with Crippen LogP contribution in [0.25, 0.3) is 0 Å². The van der Waals surface area contributed by atoms with E-state index in [1.165, 1.54) is 0 Å². The maximum Gasteiger partial charge on any atom is 0.226 e. The molecule has 1 saturated heterocycles. The number of nitrogens with zero attached hydrogens (tertiary/aromatic N) is 3. The molecular formula is C22H32IN5O2. The normalized spacial score (nSPS) is 15.0. The molecule has 0 unspecified atom stereocenters. The van der Waals surface area contributed by atoms with E-state index in [1.54, 1.807) is 13.2 Å². The van der Waals surface area contributed by atoms with Crippen molar-refractivity contribution in [2.45, 2.75) is 58.5 Å². The summed E-state index contributed by atoms with van der Waals surface area (Å²) in [6, 6.07) is 8.11. The molecule has 30 heavy (non-hydrogen) atoms. The van der Waals surface area contributed by atoms with Crippen LogP contribution in [-0.4, -0.2) is 30.4 Å². The molecule has 164 valence electrons. The van der Waals surface area contributed by atoms with Crippen LogP contribution in [0.4, 0.5) is 5.69 Å². The average Bonchev–Trinajstić information content (AvgIpc) is 3.19. The van der Waals surface area contributed by atoms with Crippen molar-refractivity contribution in [2.24, 2.45) is 4.99 Å². The fraction of sp³-hybridized carbons (Fsp3) is 0.500. The summed E-state index contributed by atoms with van der Waals surface area (Å²) in [5.41, 5.74) is 2.03. The lowest BCUT2D eigenvalue weighted by molar-refractivity contribution is -0.119. The fourth-order valence-electron chi connectivity index (χ4n) is 3.18. The van der Waals surface area contributed by atoms with Crippen molar-refractivity contribution in [1.82, 2.24) is 15.6 Å². The highest BCUT2D eigenvalue weighted by Gasteiger charge is 2.20. The second kappa shape index (κ2) is 10.8. The number of aliphatic imine (C=N–C) groups is 1. The molecule has 2 aromatic rings. The zero-order chi connectivity index (χ0) is 20.9. The molecule has 1 amide bonds. The third-order valence-corrected chi connectivity index (χ3v) is 4.95. The van der Waals surface area contributed by atoms with Crippen LogP contribution in [0.3, 0.4) is 0 Å². The van der Waals surface area contributed by atoms with Crippen molar-refractivity contribution in [2.75, 3.05) is 18.5 Å². The number of hydrogen-bond acceptors (Lipinski definition) is 4. The number of halogens is 1. The van der Waals surface area contributed by atoms with Gasteiger partial charge in [0.25, 0.3) is 0 Å². The largest absolute Gasteiger partial charge is 0.443 e. The molecule has 0 aliphatic carbocycles. The molecule has 1 aromatic carbocycles. The number of aromatic nitrogens is 1. The van der Waals surface area contributed by atoms with E-state index in [0.717, 1.165) is 36.4 Å². The summed E-state index contributed by atoms with van der Waals surface area (Å²) in [6.45, 7) is 8.19. The minimum Gasteiger partial charge on any atom is -0.443 e. The van der Waals surface area contributed by atoms with Crippen molar-refractivity contribution in [3.05, 3.63) is 47.7 Å². The van der Waals surface area contributed by atoms with Gasteiger partial charge in [-0.3, -0.25) is 9.79 Å². The summed E-state index contributed by atoms with van der Waals surface area (Å²) in [4.78, 5) is 22.5. The Morgan fingerprint density at radius 3 is 2.47 bits per heavy atom. The molecule has 2 heterocycles. The number of anilines is 1. The van der Waals surface area contributed by atoms with E-state index in [2.05, 4.69) is 41.4 Å². The van der Waals surface area contributed by atoms with Gasteiger partial charge in [-0.05, 0) is 30.5 Å². The maximum atomic E-state index is 12.1. The van der Waals surface area contributed by atoms with Gasteiger partial charge in [0.2, 0.25) is 11.8 Å². The highest BCUT2D eigenvalue weighted by atomic mass is 127. The Morgan fingerprint density at radius 2 is 1.87 bits per heavy atom. The van der Waals surface area contributed by atoms with Gasteiger partial charge in [0.1, 0.15) is 5.76 Å². The molecule has 0 atom stereocenters. The monoisotopic (exact) mass is 525 g/mol. The first-order chi connectivity index (χ1) is 13.9. The standard InChI is InChI=1S/C22H31N5O2.HI/c1-22(2,3)18-14-24-19(29-18)15-26-21(23-4)25-13-16-8-10-17(11-9-16)27-12-6-5-7-20(27)28;/h8-11,14H,5-7,12-13,15H2,1-4H3,(H2,23,25,26);1H. The van der Waals surface area contributed by atoms with Gasteiger partial charge < -0.3 is 20.0 Å². The minimum absolute atomic E-state index is 0. The Hall–Kier alpha value is -2.10. The Labute approximate surface area is 195 Å². The zero-order valence-electron chi connectivity index (χ0n) is 18.2. The van der Waals surface area contributed by atoms with Crippen molar-refractivity contribution >= 4 is 41.5 Å². The number of oxazole rings is 1. The lowest BCUT2D eigenvalue weighted by Crippen LogP contribution is -2.36. The van der Waals surface area contributed by atoms with Crippen molar-refractivity contribution < 1.29 is 9.21 Å². The SMILES string of the molecule is CN=C(NCc1ccc(N2CCCCC2=O)cc1)NCc1ncc(C(C)(C)C)o1.I. The fourth-order valence-corrected chi connectivity index (χ4v) is 3.18. The van der Waals surface area contributed by atoms with Gasteiger partial charge >= 0.3 is 0 Å². The summed E-state index contributed by atoms with van der Waals surface area (Å²) in [5, 5.41) is 6.51. The van der Waals surface area contributed by atoms with Crippen LogP contribution in [0.2, 0.25) is 0 Å². The van der Waals surface area contributed by atoms with Crippen LogP contribution in [0.1, 0.15) is 57.2 Å². The quantitative estimate of drug-likeness (QED) is 0.351. The smallest absolute Gasteiger partial charge is 0.226 e. The molecule has 3 rings (SSSR count). The van der Waals surface area contributed by atoms with Crippen molar-refractivity contribution in [1.29, 1.82) is 0 Å². The van der Waals surface area contributed by atoms with Gasteiger partial charge in [0, 0.05) is 37.7 Å². The highest BCUT2D eigenvalue weighted by molar-refractivity contribution is 14.0. The number of amides is 1. The number of carbonyl (C=O) groups excluding carboxylic acids is 1. The summed E-state index contributed by atoms with van der Waals surface area (Å²) in [5.74, 6) is 2.39. The lowest BCUT2D eigenvalue weighted by atomic mass is 9.94. The Morgan fingerprint density at radius 1 is 1.17 bits per heavy atom. The van der Waals surface area contributed by atoms with E-state index in [1.807, 2.05) is 29.2 Å². The number of benzene rings is 1. The summed E-state index contributed by atoms with van der Waals surface area (Å²) in [7, 11) is 1.73. The van der Waals surface area contributed by atoms with Gasteiger partial charge in [0.15, 0.2) is 5.96 Å². The molecule has 1 aromatic heterocycles. The molecule has 1 aliphatic rings. The van der Waals surface area contributed by atoms with Crippen LogP contribution >= 0.6 is 24.0 Å². The first-order valence-corrected chi connectivity index (χ1v) is 10.2. The molecule has 0 radical (unpaired) electrons. The second-order valence-electron chi connectivity index (χ2n) is 8.32. The summed E-state index contributed by atoms with van der Waals surface area (Å²) in [6.07, 6.45) is 4.49. The third kappa shape index (κ3) is 6.45. The average molecular weight is 525 g/mol. The first-order valence-electron chi connectivity index (χ1n) is 10.2. The highest BCUT2D eigenvalue weighted by Crippen LogP contribution is 2.23. The van der Waals surface area contributed by atoms with E-state index in [0.29, 0.717) is 31.4 Å². The van der Waals surface area contributed by atoms with Gasteiger partial charge in [-0.2, -0.15) is 0 Å². The Balaban J connectivity index is 0.00000320. The van der Waals surface area contributed by atoms with E-state index in [-0.39, 0.29) is 35.3 Å². The number of rotatable bonds is 5. The molecule has 8 heteroatoms. The molecule has 7 nitrogen and oxygen atoms in total. The molecule has 0 spiro atoms. The van der Waals surface area contributed by atoms with Gasteiger partial charge in [0.05, 0.1) is 12.7 Å². The number of hydrogen-bond donors (Lipinski definition) is 2. The zero-order valence-corrected chi connectivity index (χ0v) is 20.5. The number of nitrogens with one attached hydrogen (secondary N) is 2. The second-order valence-corrected chi connectivity index (χ2v) is 8.32. The molecular weight excluding hydrogens is 493 g/mol. The van der Waals surface area contributed by atoms with E-state index >= 15 is 0 Å². The first kappa shape index (κ1) is 24.2. The van der Waals surface area contributed by atoms with Crippen LogP contribution in [0.5, 0.6) is 0 Å². The Bertz CT molecular complexity index is 855. The van der Waals surface area contributed by atoms with E-state index in [9.17, 15) is 4.79 Å². The molecule has 0 saturated carbocycles. The molecule has 0 bridgehead atoms. The summed E-state index contributed by atoms with van der Waals surface area (Å²) < 4.78 is 5.80. The maximum absolute atomic E-state index is 12.1. The van der Waals surface area contributed by atoms with Gasteiger partial charge in [-0.15, -0.1) is 24.0 Å². The van der Waals surface area contributed by atoms with Gasteiger partial charge in [-0.25, -0.2) is 4.98 Å². The third-order valence-electron chi connectivity index (χ3n) is 4.95. The van der Waals surface area contributed by atoms with Crippen molar-refractivity contribution in [3.63, 3.8) is 0 Å². The number of piperidine rings is 1. The predicted molar refractivity (Wildman–Crippen MR) is 130 cm³/mol. The van der Waals surface area contributed by atoms with Gasteiger partial charge in [-0.1, -0.05) is 32.9 Å². The van der Waals surface area contributed by atoms with Crippen LogP contribution in [0.15, 0.2) is 39.9 Å². The van der Waals surface area contributed by atoms with E-state index in [4.69, 9.17) is 4.42 Å².